The van der Waals surface area contributed by atoms with Gasteiger partial charge in [-0.25, -0.2) is 4.79 Å². The third kappa shape index (κ3) is 3.95. The Bertz CT molecular complexity index is 141. The highest BCUT2D eigenvalue weighted by Gasteiger charge is 1.96. The fourth-order valence-corrected chi connectivity index (χ4v) is 0.526. The van der Waals surface area contributed by atoms with Gasteiger partial charge in [0, 0.05) is 7.05 Å². The van der Waals surface area contributed by atoms with E-state index in [0.29, 0.717) is 5.76 Å². The van der Waals surface area contributed by atoms with Crippen LogP contribution in [-0.2, 0) is 4.74 Å². The Kier molecular flexibility index (Phi) is 4.37. The molecule has 58 valence electrons. The molecule has 0 unspecified atom stereocenters. The van der Waals surface area contributed by atoms with E-state index in [4.69, 9.17) is 4.74 Å². The lowest BCUT2D eigenvalue weighted by Crippen LogP contribution is -2.18. The van der Waals surface area contributed by atoms with Gasteiger partial charge in [-0.15, -0.1) is 0 Å². The zero-order valence-corrected chi connectivity index (χ0v) is 6.60. The summed E-state index contributed by atoms with van der Waals surface area (Å²) < 4.78 is 4.75. The minimum atomic E-state index is -0.415. The van der Waals surface area contributed by atoms with Gasteiger partial charge in [0.2, 0.25) is 0 Å². The monoisotopic (exact) mass is 143 g/mol. The number of hydrogen-bond acceptors (Lipinski definition) is 2. The van der Waals surface area contributed by atoms with Gasteiger partial charge in [-0.3, -0.25) is 0 Å². The van der Waals surface area contributed by atoms with Crippen LogP contribution in [0.5, 0.6) is 0 Å². The minimum absolute atomic E-state index is 0.415. The smallest absolute Gasteiger partial charge is 0.411 e. The van der Waals surface area contributed by atoms with Gasteiger partial charge in [-0.1, -0.05) is 6.92 Å². The largest absolute Gasteiger partial charge is 0.416 e. The van der Waals surface area contributed by atoms with Crippen molar-refractivity contribution in [2.75, 3.05) is 7.05 Å². The zero-order valence-electron chi connectivity index (χ0n) is 6.60. The molecule has 0 aliphatic heterocycles. The topological polar surface area (TPSA) is 38.3 Å². The molecule has 0 aromatic carbocycles. The summed E-state index contributed by atoms with van der Waals surface area (Å²) in [4.78, 5) is 10.5. The van der Waals surface area contributed by atoms with Crippen molar-refractivity contribution in [1.29, 1.82) is 0 Å². The number of carbonyl (C=O) groups is 1. The summed E-state index contributed by atoms with van der Waals surface area (Å²) in [7, 11) is 1.53. The molecular formula is C7H13NO2. The molecule has 0 fully saturated rings. The standard InChI is InChI=1S/C7H13NO2/c1-4-5-6(2)10-7(9)8-3/h5H,4H2,1-3H3,(H,8,9)/b6-5+. The summed E-state index contributed by atoms with van der Waals surface area (Å²) in [6, 6.07) is 0. The Morgan fingerprint density at radius 2 is 2.30 bits per heavy atom. The van der Waals surface area contributed by atoms with E-state index in [1.54, 1.807) is 6.92 Å². The SMILES string of the molecule is CC/C=C(\C)OC(=O)NC. The van der Waals surface area contributed by atoms with Crippen LogP contribution in [0.2, 0.25) is 0 Å². The van der Waals surface area contributed by atoms with Gasteiger partial charge < -0.3 is 10.1 Å². The van der Waals surface area contributed by atoms with E-state index >= 15 is 0 Å². The number of hydrogen-bond donors (Lipinski definition) is 1. The first-order valence-corrected chi connectivity index (χ1v) is 3.27. The number of nitrogens with one attached hydrogen (secondary N) is 1. The normalized spacial score (nSPS) is 10.9. The lowest BCUT2D eigenvalue weighted by Gasteiger charge is -2.01. The van der Waals surface area contributed by atoms with Gasteiger partial charge in [-0.2, -0.15) is 0 Å². The second-order valence-corrected chi connectivity index (χ2v) is 1.86. The van der Waals surface area contributed by atoms with E-state index < -0.39 is 6.09 Å². The molecule has 3 heteroatoms. The molecule has 1 N–H and O–H groups in total. The molecule has 3 nitrogen and oxygen atoms in total. The Morgan fingerprint density at radius 1 is 1.70 bits per heavy atom. The van der Waals surface area contributed by atoms with Crippen molar-refractivity contribution in [3.63, 3.8) is 0 Å². The first-order valence-electron chi connectivity index (χ1n) is 3.27. The molecule has 0 bridgehead atoms. The average Bonchev–Trinajstić information content (AvgIpc) is 1.88. The predicted octanol–water partition coefficient (Wildman–Crippen LogP) is 1.66. The van der Waals surface area contributed by atoms with Crippen LogP contribution in [0, 0.1) is 0 Å². The van der Waals surface area contributed by atoms with Crippen LogP contribution in [0.15, 0.2) is 11.8 Å². The van der Waals surface area contributed by atoms with E-state index in [1.165, 1.54) is 7.05 Å². The van der Waals surface area contributed by atoms with Gasteiger partial charge in [0.15, 0.2) is 0 Å². The van der Waals surface area contributed by atoms with Gasteiger partial charge in [0.25, 0.3) is 0 Å². The third-order valence-corrected chi connectivity index (χ3v) is 0.949. The van der Waals surface area contributed by atoms with Crippen molar-refractivity contribution in [1.82, 2.24) is 5.32 Å². The highest BCUT2D eigenvalue weighted by molar-refractivity contribution is 5.67. The molecule has 0 radical (unpaired) electrons. The second-order valence-electron chi connectivity index (χ2n) is 1.86. The molecule has 0 aliphatic carbocycles. The maximum atomic E-state index is 10.5. The molecule has 0 saturated carbocycles. The molecule has 1 amide bonds. The van der Waals surface area contributed by atoms with Crippen LogP contribution in [0.3, 0.4) is 0 Å². The van der Waals surface area contributed by atoms with Gasteiger partial charge in [-0.05, 0) is 19.4 Å². The van der Waals surface area contributed by atoms with Crippen molar-refractivity contribution in [2.45, 2.75) is 20.3 Å². The van der Waals surface area contributed by atoms with Crippen LogP contribution >= 0.6 is 0 Å². The lowest BCUT2D eigenvalue weighted by atomic mass is 10.4. The van der Waals surface area contributed by atoms with Gasteiger partial charge >= 0.3 is 6.09 Å². The van der Waals surface area contributed by atoms with E-state index in [2.05, 4.69) is 5.32 Å². The van der Waals surface area contributed by atoms with E-state index in [1.807, 2.05) is 13.0 Å². The fraction of sp³-hybridized carbons (Fsp3) is 0.571. The number of allylic oxidation sites excluding steroid dienone is 2. The summed E-state index contributed by atoms with van der Waals surface area (Å²) in [6.45, 7) is 3.73. The maximum Gasteiger partial charge on any atom is 0.411 e. The van der Waals surface area contributed by atoms with Crippen molar-refractivity contribution in [2.24, 2.45) is 0 Å². The van der Waals surface area contributed by atoms with E-state index in [9.17, 15) is 4.79 Å². The summed E-state index contributed by atoms with van der Waals surface area (Å²) in [5, 5.41) is 2.35. The molecular weight excluding hydrogens is 130 g/mol. The summed E-state index contributed by atoms with van der Waals surface area (Å²) >= 11 is 0. The molecule has 0 aliphatic rings. The van der Waals surface area contributed by atoms with Crippen molar-refractivity contribution >= 4 is 6.09 Å². The molecule has 0 aromatic heterocycles. The summed E-state index contributed by atoms with van der Waals surface area (Å²) in [5.41, 5.74) is 0. The Balaban J connectivity index is 3.67. The number of amides is 1. The molecule has 0 heterocycles. The summed E-state index contributed by atoms with van der Waals surface area (Å²) in [6.07, 6.45) is 2.31. The molecule has 0 aromatic rings. The van der Waals surface area contributed by atoms with Crippen molar-refractivity contribution in [3.05, 3.63) is 11.8 Å². The number of alkyl carbamates (subject to hydrolysis) is 1. The number of rotatable bonds is 2. The van der Waals surface area contributed by atoms with E-state index in [0.717, 1.165) is 6.42 Å². The van der Waals surface area contributed by atoms with E-state index in [-0.39, 0.29) is 0 Å². The Labute approximate surface area is 61.1 Å². The van der Waals surface area contributed by atoms with Crippen LogP contribution in [0.1, 0.15) is 20.3 Å². The Hall–Kier alpha value is -0.990. The highest BCUT2D eigenvalue weighted by atomic mass is 16.6. The maximum absolute atomic E-state index is 10.5. The zero-order chi connectivity index (χ0) is 7.98. The average molecular weight is 143 g/mol. The van der Waals surface area contributed by atoms with Gasteiger partial charge in [0.05, 0.1) is 0 Å². The number of ether oxygens (including phenoxy) is 1. The third-order valence-electron chi connectivity index (χ3n) is 0.949. The molecule has 0 saturated heterocycles. The van der Waals surface area contributed by atoms with Crippen LogP contribution < -0.4 is 5.32 Å². The quantitative estimate of drug-likeness (QED) is 0.597. The molecule has 10 heavy (non-hydrogen) atoms. The fourth-order valence-electron chi connectivity index (χ4n) is 0.526. The van der Waals surface area contributed by atoms with Crippen LogP contribution in [-0.4, -0.2) is 13.1 Å². The summed E-state index contributed by atoms with van der Waals surface area (Å²) in [5.74, 6) is 0.641. The number of carbonyl (C=O) groups excluding carboxylic acids is 1. The highest BCUT2D eigenvalue weighted by Crippen LogP contribution is 1.96. The van der Waals surface area contributed by atoms with Gasteiger partial charge in [0.1, 0.15) is 5.76 Å². The first-order chi connectivity index (χ1) is 4.70. The Morgan fingerprint density at radius 3 is 2.70 bits per heavy atom. The van der Waals surface area contributed by atoms with Crippen molar-refractivity contribution < 1.29 is 9.53 Å². The molecule has 0 atom stereocenters. The molecule has 0 rings (SSSR count). The molecule has 0 spiro atoms. The predicted molar refractivity (Wildman–Crippen MR) is 39.6 cm³/mol. The van der Waals surface area contributed by atoms with Crippen LogP contribution in [0.25, 0.3) is 0 Å². The first kappa shape index (κ1) is 9.01. The minimum Gasteiger partial charge on any atom is -0.416 e. The second kappa shape index (κ2) is 4.85. The van der Waals surface area contributed by atoms with Crippen LogP contribution in [0.4, 0.5) is 4.79 Å². The lowest BCUT2D eigenvalue weighted by molar-refractivity contribution is 0.178. The van der Waals surface area contributed by atoms with Crippen molar-refractivity contribution in [3.8, 4) is 0 Å².